The molecule has 0 aliphatic rings. The summed E-state index contributed by atoms with van der Waals surface area (Å²) in [5, 5.41) is 0.867. The van der Waals surface area contributed by atoms with Crippen molar-refractivity contribution in [1.29, 1.82) is 0 Å². The Bertz CT molecular complexity index is 588. The van der Waals surface area contributed by atoms with Gasteiger partial charge >= 0.3 is 0 Å². The predicted octanol–water partition coefficient (Wildman–Crippen LogP) is 6.18. The van der Waals surface area contributed by atoms with Crippen LogP contribution in [0.2, 0.25) is 0 Å². The number of benzene rings is 1. The highest BCUT2D eigenvalue weighted by Gasteiger charge is 2.30. The van der Waals surface area contributed by atoms with Gasteiger partial charge in [-0.25, -0.2) is 0 Å². The summed E-state index contributed by atoms with van der Waals surface area (Å²) in [6.07, 6.45) is 7.82. The third-order valence-corrected chi connectivity index (χ3v) is 8.07. The summed E-state index contributed by atoms with van der Waals surface area (Å²) < 4.78 is 13.9. The van der Waals surface area contributed by atoms with E-state index in [1.165, 1.54) is 25.7 Å². The van der Waals surface area contributed by atoms with Gasteiger partial charge in [-0.05, 0) is 18.3 Å². The molecule has 0 spiro atoms. The summed E-state index contributed by atoms with van der Waals surface area (Å²) in [5.41, 5.74) is 0. The van der Waals surface area contributed by atoms with Gasteiger partial charge < -0.3 is 9.46 Å². The maximum absolute atomic E-state index is 13.9. The van der Waals surface area contributed by atoms with Gasteiger partial charge in [0.25, 0.3) is 0 Å². The number of amides is 1. The summed E-state index contributed by atoms with van der Waals surface area (Å²) >= 11 is 0. The molecule has 0 heterocycles. The van der Waals surface area contributed by atoms with Gasteiger partial charge in [-0.1, -0.05) is 97.1 Å². The summed E-state index contributed by atoms with van der Waals surface area (Å²) in [6, 6.07) is 9.71. The lowest BCUT2D eigenvalue weighted by Gasteiger charge is -2.28. The number of hydrogen-bond donors (Lipinski definition) is 0. The van der Waals surface area contributed by atoms with E-state index in [2.05, 4.69) is 34.6 Å². The van der Waals surface area contributed by atoms with Crippen LogP contribution in [0.4, 0.5) is 0 Å². The van der Waals surface area contributed by atoms with Crippen molar-refractivity contribution >= 4 is 18.4 Å². The third-order valence-electron chi connectivity index (χ3n) is 5.01. The maximum atomic E-state index is 13.9. The summed E-state index contributed by atoms with van der Waals surface area (Å²) in [4.78, 5) is 15.1. The standard InChI is InChI=1S/C24H42NO2P/c1-6-7-8-9-10-14-17-28(27,23-15-12-11-13-16-23)20-24(26)25(18-21(2)3)19-22(4)5/h11-13,15-16,21-22H,6-10,14,17-20H2,1-5H3/t28-/m0/s1. The predicted molar refractivity (Wildman–Crippen MR) is 123 cm³/mol. The van der Waals surface area contributed by atoms with Gasteiger partial charge in [-0.2, -0.15) is 0 Å². The largest absolute Gasteiger partial charge is 0.342 e. The second kappa shape index (κ2) is 13.2. The topological polar surface area (TPSA) is 37.4 Å². The molecule has 3 nitrogen and oxygen atoms in total. The van der Waals surface area contributed by atoms with Crippen molar-refractivity contribution in [2.24, 2.45) is 11.8 Å². The normalized spacial score (nSPS) is 13.7. The van der Waals surface area contributed by atoms with Crippen LogP contribution in [0.25, 0.3) is 0 Å². The summed E-state index contributed by atoms with van der Waals surface area (Å²) in [5.74, 6) is 0.885. The van der Waals surface area contributed by atoms with Crippen LogP contribution < -0.4 is 5.30 Å². The summed E-state index contributed by atoms with van der Waals surface area (Å²) in [7, 11) is -2.72. The van der Waals surface area contributed by atoms with Crippen molar-refractivity contribution in [3.05, 3.63) is 30.3 Å². The molecule has 4 heteroatoms. The van der Waals surface area contributed by atoms with Gasteiger partial charge in [0.1, 0.15) is 7.14 Å². The van der Waals surface area contributed by atoms with E-state index in [9.17, 15) is 9.36 Å². The third kappa shape index (κ3) is 9.41. The Morgan fingerprint density at radius 3 is 1.96 bits per heavy atom. The first-order chi connectivity index (χ1) is 13.3. The molecule has 1 atom stereocenters. The minimum atomic E-state index is -2.72. The van der Waals surface area contributed by atoms with Crippen LogP contribution in [-0.2, 0) is 9.36 Å². The minimum absolute atomic E-state index is 0.0561. The van der Waals surface area contributed by atoms with Crippen LogP contribution in [0.1, 0.15) is 73.1 Å². The minimum Gasteiger partial charge on any atom is -0.342 e. The van der Waals surface area contributed by atoms with E-state index in [1.54, 1.807) is 0 Å². The van der Waals surface area contributed by atoms with Crippen molar-refractivity contribution < 1.29 is 9.36 Å². The van der Waals surface area contributed by atoms with Crippen molar-refractivity contribution in [2.75, 3.05) is 25.4 Å². The molecule has 1 rings (SSSR count). The van der Waals surface area contributed by atoms with E-state index in [-0.39, 0.29) is 12.1 Å². The number of nitrogens with zero attached hydrogens (tertiary/aromatic N) is 1. The molecule has 0 aliphatic heterocycles. The lowest BCUT2D eigenvalue weighted by molar-refractivity contribution is -0.129. The van der Waals surface area contributed by atoms with Crippen molar-refractivity contribution in [1.82, 2.24) is 4.90 Å². The second-order valence-electron chi connectivity index (χ2n) is 8.96. The van der Waals surface area contributed by atoms with E-state index in [1.807, 2.05) is 35.2 Å². The molecule has 0 saturated heterocycles. The van der Waals surface area contributed by atoms with Gasteiger partial charge in [-0.3, -0.25) is 4.79 Å². The van der Waals surface area contributed by atoms with Gasteiger partial charge in [-0.15, -0.1) is 0 Å². The van der Waals surface area contributed by atoms with Crippen molar-refractivity contribution in [3.63, 3.8) is 0 Å². The molecule has 28 heavy (non-hydrogen) atoms. The highest BCUT2D eigenvalue weighted by atomic mass is 31.2. The van der Waals surface area contributed by atoms with Gasteiger partial charge in [0, 0.05) is 24.6 Å². The first-order valence-corrected chi connectivity index (χ1v) is 13.3. The molecule has 1 aromatic rings. The number of rotatable bonds is 14. The van der Waals surface area contributed by atoms with Crippen LogP contribution in [0.15, 0.2) is 30.3 Å². The van der Waals surface area contributed by atoms with Crippen LogP contribution >= 0.6 is 7.14 Å². The molecule has 0 N–H and O–H groups in total. The van der Waals surface area contributed by atoms with Crippen LogP contribution in [-0.4, -0.2) is 36.2 Å². The SMILES string of the molecule is CCCCCCCC[P@](=O)(CC(=O)N(CC(C)C)CC(C)C)c1ccccc1. The zero-order valence-electron chi connectivity index (χ0n) is 18.8. The molecule has 0 aliphatic carbocycles. The number of carbonyl (C=O) groups excluding carboxylic acids is 1. The Kier molecular flexibility index (Phi) is 11.8. The van der Waals surface area contributed by atoms with E-state index < -0.39 is 7.14 Å². The van der Waals surface area contributed by atoms with Crippen LogP contribution in [0.5, 0.6) is 0 Å². The van der Waals surface area contributed by atoms with E-state index in [0.29, 0.717) is 18.0 Å². The second-order valence-corrected chi connectivity index (χ2v) is 12.0. The molecule has 0 aromatic heterocycles. The molecular formula is C24H42NO2P. The highest BCUT2D eigenvalue weighted by molar-refractivity contribution is 7.72. The Morgan fingerprint density at radius 1 is 0.893 bits per heavy atom. The summed E-state index contributed by atoms with van der Waals surface area (Å²) in [6.45, 7) is 12.2. The molecule has 0 fully saturated rings. The van der Waals surface area contributed by atoms with Crippen LogP contribution in [0.3, 0.4) is 0 Å². The molecule has 0 unspecified atom stereocenters. The lowest BCUT2D eigenvalue weighted by atomic mass is 10.1. The van der Waals surface area contributed by atoms with Crippen molar-refractivity contribution in [3.8, 4) is 0 Å². The highest BCUT2D eigenvalue weighted by Crippen LogP contribution is 2.45. The monoisotopic (exact) mass is 407 g/mol. The first-order valence-electron chi connectivity index (χ1n) is 11.2. The van der Waals surface area contributed by atoms with Gasteiger partial charge in [0.15, 0.2) is 0 Å². The Morgan fingerprint density at radius 2 is 1.43 bits per heavy atom. The molecule has 0 radical (unpaired) electrons. The zero-order valence-corrected chi connectivity index (χ0v) is 19.7. The number of unbranched alkanes of at least 4 members (excludes halogenated alkanes) is 5. The number of carbonyl (C=O) groups is 1. The van der Waals surface area contributed by atoms with Gasteiger partial charge in [0.05, 0.1) is 6.16 Å². The van der Waals surface area contributed by atoms with E-state index in [4.69, 9.17) is 0 Å². The smallest absolute Gasteiger partial charge is 0.230 e. The lowest BCUT2D eigenvalue weighted by Crippen LogP contribution is -2.39. The van der Waals surface area contributed by atoms with Crippen LogP contribution in [0, 0.1) is 11.8 Å². The average Bonchev–Trinajstić information content (AvgIpc) is 2.64. The quantitative estimate of drug-likeness (QED) is 0.273. The molecule has 1 aromatic carbocycles. The Balaban J connectivity index is 2.86. The molecule has 0 bridgehead atoms. The molecule has 1 amide bonds. The molecule has 0 saturated carbocycles. The number of hydrogen-bond acceptors (Lipinski definition) is 2. The molecular weight excluding hydrogens is 365 g/mol. The fraction of sp³-hybridized carbons (Fsp3) is 0.708. The maximum Gasteiger partial charge on any atom is 0.230 e. The fourth-order valence-electron chi connectivity index (χ4n) is 3.62. The molecule has 160 valence electrons. The zero-order chi connectivity index (χ0) is 21.0. The van der Waals surface area contributed by atoms with E-state index >= 15 is 0 Å². The van der Waals surface area contributed by atoms with Gasteiger partial charge in [0.2, 0.25) is 5.91 Å². The van der Waals surface area contributed by atoms with Crippen molar-refractivity contribution in [2.45, 2.75) is 73.1 Å². The fourth-order valence-corrected chi connectivity index (χ4v) is 6.31. The Labute approximate surface area is 173 Å². The van der Waals surface area contributed by atoms with E-state index in [0.717, 1.165) is 31.2 Å². The average molecular weight is 408 g/mol. The first kappa shape index (κ1) is 25.0. The Hall–Kier alpha value is -1.08.